The van der Waals surface area contributed by atoms with Crippen molar-refractivity contribution in [2.24, 2.45) is 0 Å². The van der Waals surface area contributed by atoms with E-state index >= 15 is 0 Å². The summed E-state index contributed by atoms with van der Waals surface area (Å²) in [4.78, 5) is 8.39. The van der Waals surface area contributed by atoms with Gasteiger partial charge in [0, 0.05) is 6.20 Å². The highest BCUT2D eigenvalue weighted by atomic mass is 35.5. The van der Waals surface area contributed by atoms with Gasteiger partial charge in [-0.05, 0) is 29.8 Å². The van der Waals surface area contributed by atoms with Crippen LogP contribution in [0.2, 0.25) is 5.02 Å². The van der Waals surface area contributed by atoms with E-state index in [1.165, 1.54) is 0 Å². The maximum absolute atomic E-state index is 9.42. The number of halogens is 1. The number of benzene rings is 1. The number of hydrogen-bond donors (Lipinski definition) is 1. The minimum Gasteiger partial charge on any atom is -0.508 e. The number of phenols is 1. The summed E-state index contributed by atoms with van der Waals surface area (Å²) >= 11 is 6.03. The van der Waals surface area contributed by atoms with Gasteiger partial charge in [-0.1, -0.05) is 28.9 Å². The van der Waals surface area contributed by atoms with Gasteiger partial charge in [0.2, 0.25) is 11.7 Å². The van der Waals surface area contributed by atoms with Gasteiger partial charge in [-0.3, -0.25) is 4.98 Å². The van der Waals surface area contributed by atoms with Crippen molar-refractivity contribution in [3.63, 3.8) is 0 Å². The van der Waals surface area contributed by atoms with E-state index in [4.69, 9.17) is 16.1 Å². The van der Waals surface area contributed by atoms with Crippen LogP contribution in [0.4, 0.5) is 0 Å². The average molecular weight is 288 g/mol. The zero-order chi connectivity index (χ0) is 13.9. The van der Waals surface area contributed by atoms with Crippen LogP contribution in [0.3, 0.4) is 0 Å². The lowest BCUT2D eigenvalue weighted by atomic mass is 10.1. The normalized spacial score (nSPS) is 10.7. The molecule has 0 aliphatic rings. The van der Waals surface area contributed by atoms with Crippen molar-refractivity contribution in [1.29, 1.82) is 0 Å². The number of hydrogen-bond acceptors (Lipinski definition) is 5. The maximum atomic E-state index is 9.42. The summed E-state index contributed by atoms with van der Waals surface area (Å²) in [6.07, 6.45) is 2.05. The van der Waals surface area contributed by atoms with E-state index in [-0.39, 0.29) is 5.75 Å². The van der Waals surface area contributed by atoms with Crippen LogP contribution in [0.25, 0.3) is 11.5 Å². The summed E-state index contributed by atoms with van der Waals surface area (Å²) in [6.45, 7) is 0. The molecule has 0 amide bonds. The molecule has 0 radical (unpaired) electrons. The van der Waals surface area contributed by atoms with Gasteiger partial charge >= 0.3 is 0 Å². The first-order valence-corrected chi connectivity index (χ1v) is 6.31. The molecule has 1 aromatic carbocycles. The van der Waals surface area contributed by atoms with Crippen molar-refractivity contribution >= 4 is 11.6 Å². The average Bonchev–Trinajstić information content (AvgIpc) is 2.87. The summed E-state index contributed by atoms with van der Waals surface area (Å²) in [7, 11) is 0. The minimum atomic E-state index is 0.204. The third kappa shape index (κ3) is 2.62. The van der Waals surface area contributed by atoms with E-state index in [0.29, 0.717) is 28.9 Å². The van der Waals surface area contributed by atoms with Crippen LogP contribution in [0.5, 0.6) is 5.75 Å². The molecule has 0 unspecified atom stereocenters. The number of nitrogens with zero attached hydrogens (tertiary/aromatic N) is 3. The second-order valence-electron chi connectivity index (χ2n) is 4.19. The van der Waals surface area contributed by atoms with E-state index < -0.39 is 0 Å². The monoisotopic (exact) mass is 287 g/mol. The van der Waals surface area contributed by atoms with Gasteiger partial charge in [-0.2, -0.15) is 4.98 Å². The molecule has 1 N–H and O–H groups in total. The van der Waals surface area contributed by atoms with Crippen LogP contribution < -0.4 is 0 Å². The third-order valence-electron chi connectivity index (χ3n) is 2.70. The lowest BCUT2D eigenvalue weighted by molar-refractivity contribution is 0.385. The predicted molar refractivity (Wildman–Crippen MR) is 73.5 cm³/mol. The SMILES string of the molecule is Oc1cccc(Cc2nc(-c3ncccc3Cl)no2)c1. The van der Waals surface area contributed by atoms with Crippen molar-refractivity contribution in [2.45, 2.75) is 6.42 Å². The van der Waals surface area contributed by atoms with Crippen molar-refractivity contribution in [2.75, 3.05) is 0 Å². The van der Waals surface area contributed by atoms with Gasteiger partial charge in [0.15, 0.2) is 0 Å². The van der Waals surface area contributed by atoms with Crippen LogP contribution in [-0.4, -0.2) is 20.2 Å². The molecule has 0 fully saturated rings. The topological polar surface area (TPSA) is 72.0 Å². The summed E-state index contributed by atoms with van der Waals surface area (Å²) in [5.41, 5.74) is 1.37. The largest absolute Gasteiger partial charge is 0.508 e. The van der Waals surface area contributed by atoms with Crippen LogP contribution in [0.1, 0.15) is 11.5 Å². The van der Waals surface area contributed by atoms with E-state index in [1.807, 2.05) is 6.07 Å². The predicted octanol–water partition coefficient (Wildman–Crippen LogP) is 3.08. The first-order chi connectivity index (χ1) is 9.72. The zero-order valence-corrected chi connectivity index (χ0v) is 11.1. The molecular formula is C14H10ClN3O2. The molecule has 0 spiro atoms. The first kappa shape index (κ1) is 12.6. The summed E-state index contributed by atoms with van der Waals surface area (Å²) in [6, 6.07) is 10.3. The Bertz CT molecular complexity index is 743. The number of pyridine rings is 1. The Hall–Kier alpha value is -2.40. The lowest BCUT2D eigenvalue weighted by Crippen LogP contribution is -1.89. The highest BCUT2D eigenvalue weighted by Gasteiger charge is 2.13. The van der Waals surface area contributed by atoms with E-state index in [2.05, 4.69) is 15.1 Å². The summed E-state index contributed by atoms with van der Waals surface area (Å²) < 4.78 is 5.18. The Morgan fingerprint density at radius 1 is 1.20 bits per heavy atom. The smallest absolute Gasteiger partial charge is 0.231 e. The van der Waals surface area contributed by atoms with Gasteiger partial charge in [0.1, 0.15) is 11.4 Å². The summed E-state index contributed by atoms with van der Waals surface area (Å²) in [5.74, 6) is 0.994. The Balaban J connectivity index is 1.86. The molecule has 20 heavy (non-hydrogen) atoms. The van der Waals surface area contributed by atoms with E-state index in [0.717, 1.165) is 5.56 Å². The molecule has 6 heteroatoms. The second-order valence-corrected chi connectivity index (χ2v) is 4.60. The molecule has 100 valence electrons. The molecule has 0 aliphatic heterocycles. The van der Waals surface area contributed by atoms with Crippen molar-refractivity contribution in [3.8, 4) is 17.3 Å². The Morgan fingerprint density at radius 2 is 2.10 bits per heavy atom. The number of aromatic hydroxyl groups is 1. The number of phenolic OH excluding ortho intramolecular Hbond substituents is 1. The lowest BCUT2D eigenvalue weighted by Gasteiger charge is -1.97. The highest BCUT2D eigenvalue weighted by molar-refractivity contribution is 6.32. The minimum absolute atomic E-state index is 0.204. The molecule has 0 saturated carbocycles. The standard InChI is InChI=1S/C14H10ClN3O2/c15-11-5-2-6-16-13(11)14-17-12(20-18-14)8-9-3-1-4-10(19)7-9/h1-7,19H,8H2. The molecule has 0 bridgehead atoms. The Morgan fingerprint density at radius 3 is 2.90 bits per heavy atom. The van der Waals surface area contributed by atoms with Crippen LogP contribution >= 0.6 is 11.6 Å². The number of aromatic nitrogens is 3. The molecule has 0 aliphatic carbocycles. The van der Waals surface area contributed by atoms with Crippen molar-refractivity contribution < 1.29 is 9.63 Å². The fourth-order valence-corrected chi connectivity index (χ4v) is 2.02. The molecule has 0 atom stereocenters. The van der Waals surface area contributed by atoms with Gasteiger partial charge < -0.3 is 9.63 Å². The second kappa shape index (κ2) is 5.30. The van der Waals surface area contributed by atoms with Crippen molar-refractivity contribution in [1.82, 2.24) is 15.1 Å². The maximum Gasteiger partial charge on any atom is 0.231 e. The molecule has 2 aromatic heterocycles. The molecular weight excluding hydrogens is 278 g/mol. The van der Waals surface area contributed by atoms with E-state index in [9.17, 15) is 5.11 Å². The Labute approximate surface area is 119 Å². The highest BCUT2D eigenvalue weighted by Crippen LogP contribution is 2.23. The van der Waals surface area contributed by atoms with Gasteiger partial charge in [-0.15, -0.1) is 0 Å². The fourth-order valence-electron chi connectivity index (χ4n) is 1.81. The van der Waals surface area contributed by atoms with Gasteiger partial charge in [-0.25, -0.2) is 0 Å². The van der Waals surface area contributed by atoms with Crippen LogP contribution in [0.15, 0.2) is 47.1 Å². The Kier molecular flexibility index (Phi) is 3.35. The van der Waals surface area contributed by atoms with Crippen molar-refractivity contribution in [3.05, 3.63) is 59.1 Å². The van der Waals surface area contributed by atoms with Gasteiger partial charge in [0.05, 0.1) is 11.4 Å². The quantitative estimate of drug-likeness (QED) is 0.801. The van der Waals surface area contributed by atoms with Crippen LogP contribution in [-0.2, 0) is 6.42 Å². The molecule has 3 rings (SSSR count). The fraction of sp³-hybridized carbons (Fsp3) is 0.0714. The summed E-state index contributed by atoms with van der Waals surface area (Å²) in [5, 5.41) is 13.8. The molecule has 2 heterocycles. The first-order valence-electron chi connectivity index (χ1n) is 5.94. The zero-order valence-electron chi connectivity index (χ0n) is 10.3. The van der Waals surface area contributed by atoms with E-state index in [1.54, 1.807) is 36.5 Å². The van der Waals surface area contributed by atoms with Crippen LogP contribution in [0, 0.1) is 0 Å². The molecule has 0 saturated heterocycles. The third-order valence-corrected chi connectivity index (χ3v) is 3.01. The number of rotatable bonds is 3. The van der Waals surface area contributed by atoms with Gasteiger partial charge in [0.25, 0.3) is 0 Å². The molecule has 5 nitrogen and oxygen atoms in total. The molecule has 3 aromatic rings.